The highest BCUT2D eigenvalue weighted by molar-refractivity contribution is 7.89. The molecule has 0 spiro atoms. The molecule has 1 saturated carbocycles. The summed E-state index contributed by atoms with van der Waals surface area (Å²) in [4.78, 5) is 0.0274. The van der Waals surface area contributed by atoms with Crippen LogP contribution in [0.15, 0.2) is 46.0 Å². The van der Waals surface area contributed by atoms with E-state index in [0.717, 1.165) is 24.5 Å². The lowest BCUT2D eigenvalue weighted by molar-refractivity contribution is 0.398. The zero-order valence-electron chi connectivity index (χ0n) is 10.7. The van der Waals surface area contributed by atoms with E-state index in [-0.39, 0.29) is 10.9 Å². The van der Waals surface area contributed by atoms with Gasteiger partial charge >= 0.3 is 0 Å². The van der Waals surface area contributed by atoms with Crippen molar-refractivity contribution < 1.29 is 12.8 Å². The molecule has 1 aromatic heterocycles. The van der Waals surface area contributed by atoms with Crippen molar-refractivity contribution in [1.82, 2.24) is 4.31 Å². The molecule has 1 fully saturated rings. The molecule has 0 unspecified atom stereocenters. The van der Waals surface area contributed by atoms with Crippen LogP contribution in [-0.2, 0) is 16.6 Å². The van der Waals surface area contributed by atoms with E-state index in [2.05, 4.69) is 0 Å². The fraction of sp³-hybridized carbons (Fsp3) is 0.286. The van der Waals surface area contributed by atoms with Crippen molar-refractivity contribution in [3.63, 3.8) is 0 Å². The molecule has 1 aliphatic rings. The molecule has 0 atom stereocenters. The van der Waals surface area contributed by atoms with Gasteiger partial charge in [-0.3, -0.25) is 0 Å². The molecule has 0 N–H and O–H groups in total. The van der Waals surface area contributed by atoms with Gasteiger partial charge in [0.05, 0.1) is 4.90 Å². The second-order valence-electron chi connectivity index (χ2n) is 4.87. The Labute approximate surface area is 121 Å². The number of rotatable bonds is 5. The summed E-state index contributed by atoms with van der Waals surface area (Å²) in [5, 5.41) is 3.87. The number of hydrogen-bond donors (Lipinski definition) is 0. The fourth-order valence-corrected chi connectivity index (χ4v) is 4.46. The molecule has 1 heterocycles. The SMILES string of the molecule is O=S(=O)(c1cccc(F)c1)N(Cc1ccsc1)C1CC1. The third kappa shape index (κ3) is 2.77. The van der Waals surface area contributed by atoms with Crippen molar-refractivity contribution in [1.29, 1.82) is 0 Å². The van der Waals surface area contributed by atoms with E-state index in [1.165, 1.54) is 22.5 Å². The van der Waals surface area contributed by atoms with Crippen molar-refractivity contribution in [2.45, 2.75) is 30.3 Å². The Hall–Kier alpha value is -1.24. The van der Waals surface area contributed by atoms with Gasteiger partial charge in [0.1, 0.15) is 5.82 Å². The summed E-state index contributed by atoms with van der Waals surface area (Å²) in [6.07, 6.45) is 1.75. The van der Waals surface area contributed by atoms with Crippen molar-refractivity contribution in [2.75, 3.05) is 0 Å². The Morgan fingerprint density at radius 2 is 2.10 bits per heavy atom. The molecule has 3 nitrogen and oxygen atoms in total. The zero-order valence-corrected chi connectivity index (χ0v) is 12.3. The minimum absolute atomic E-state index is 0.0274. The molecule has 2 aromatic rings. The van der Waals surface area contributed by atoms with Gasteiger partial charge in [0.25, 0.3) is 0 Å². The maximum atomic E-state index is 13.3. The Kier molecular flexibility index (Phi) is 3.62. The molecule has 106 valence electrons. The average Bonchev–Trinajstić information content (AvgIpc) is 3.12. The van der Waals surface area contributed by atoms with Gasteiger partial charge in [-0.2, -0.15) is 15.6 Å². The number of sulfonamides is 1. The molecular weight excluding hydrogens is 297 g/mol. The van der Waals surface area contributed by atoms with Gasteiger partial charge in [-0.25, -0.2) is 12.8 Å². The van der Waals surface area contributed by atoms with Gasteiger partial charge in [-0.15, -0.1) is 0 Å². The average molecular weight is 311 g/mol. The summed E-state index contributed by atoms with van der Waals surface area (Å²) in [6, 6.07) is 7.17. The second-order valence-corrected chi connectivity index (χ2v) is 7.54. The molecule has 0 aliphatic heterocycles. The summed E-state index contributed by atoms with van der Waals surface area (Å²) in [5.74, 6) is -0.530. The number of nitrogens with zero attached hydrogens (tertiary/aromatic N) is 1. The topological polar surface area (TPSA) is 37.4 Å². The summed E-state index contributed by atoms with van der Waals surface area (Å²) in [7, 11) is -3.64. The van der Waals surface area contributed by atoms with E-state index in [0.29, 0.717) is 6.54 Å². The van der Waals surface area contributed by atoms with Crippen LogP contribution >= 0.6 is 11.3 Å². The van der Waals surface area contributed by atoms with Crippen LogP contribution in [-0.4, -0.2) is 18.8 Å². The van der Waals surface area contributed by atoms with Gasteiger partial charge in [-0.1, -0.05) is 6.07 Å². The van der Waals surface area contributed by atoms with Gasteiger partial charge in [0, 0.05) is 12.6 Å². The first-order valence-corrected chi connectivity index (χ1v) is 8.74. The van der Waals surface area contributed by atoms with Crippen LogP contribution in [0.3, 0.4) is 0 Å². The zero-order chi connectivity index (χ0) is 14.2. The Morgan fingerprint density at radius 1 is 1.30 bits per heavy atom. The molecule has 6 heteroatoms. The van der Waals surface area contributed by atoms with Crippen molar-refractivity contribution in [2.24, 2.45) is 0 Å². The van der Waals surface area contributed by atoms with Crippen LogP contribution in [0.2, 0.25) is 0 Å². The molecule has 3 rings (SSSR count). The largest absolute Gasteiger partial charge is 0.243 e. The molecule has 0 saturated heterocycles. The Balaban J connectivity index is 1.94. The van der Waals surface area contributed by atoms with E-state index in [1.807, 2.05) is 16.8 Å². The van der Waals surface area contributed by atoms with Crippen molar-refractivity contribution in [3.8, 4) is 0 Å². The number of halogens is 1. The Bertz CT molecular complexity index is 694. The molecule has 20 heavy (non-hydrogen) atoms. The number of benzene rings is 1. The van der Waals surface area contributed by atoms with Gasteiger partial charge in [-0.05, 0) is 53.4 Å². The summed E-state index contributed by atoms with van der Waals surface area (Å²) < 4.78 is 40.1. The molecular formula is C14H14FNO2S2. The summed E-state index contributed by atoms with van der Waals surface area (Å²) >= 11 is 1.54. The van der Waals surface area contributed by atoms with E-state index in [4.69, 9.17) is 0 Å². The minimum Gasteiger partial charge on any atom is -0.207 e. The quantitative estimate of drug-likeness (QED) is 0.850. The first kappa shape index (κ1) is 13.7. The Morgan fingerprint density at radius 3 is 2.70 bits per heavy atom. The van der Waals surface area contributed by atoms with E-state index in [9.17, 15) is 12.8 Å². The van der Waals surface area contributed by atoms with Crippen LogP contribution in [0.1, 0.15) is 18.4 Å². The van der Waals surface area contributed by atoms with Gasteiger partial charge < -0.3 is 0 Å². The monoisotopic (exact) mass is 311 g/mol. The summed E-state index contributed by atoms with van der Waals surface area (Å²) in [5.41, 5.74) is 0.974. The maximum Gasteiger partial charge on any atom is 0.243 e. The lowest BCUT2D eigenvalue weighted by Crippen LogP contribution is -2.32. The smallest absolute Gasteiger partial charge is 0.207 e. The first-order valence-electron chi connectivity index (χ1n) is 6.36. The lowest BCUT2D eigenvalue weighted by Gasteiger charge is -2.21. The van der Waals surface area contributed by atoms with Crippen molar-refractivity contribution >= 4 is 21.4 Å². The molecule has 0 radical (unpaired) electrons. The fourth-order valence-electron chi connectivity index (χ4n) is 2.10. The van der Waals surface area contributed by atoms with Crippen LogP contribution < -0.4 is 0 Å². The van der Waals surface area contributed by atoms with Gasteiger partial charge in [0.15, 0.2) is 0 Å². The van der Waals surface area contributed by atoms with E-state index < -0.39 is 15.8 Å². The third-order valence-electron chi connectivity index (χ3n) is 3.28. The van der Waals surface area contributed by atoms with E-state index in [1.54, 1.807) is 11.3 Å². The highest BCUT2D eigenvalue weighted by atomic mass is 32.2. The molecule has 0 bridgehead atoms. The van der Waals surface area contributed by atoms with Crippen LogP contribution in [0.25, 0.3) is 0 Å². The normalized spacial score (nSPS) is 15.7. The second kappa shape index (κ2) is 5.27. The number of thiophene rings is 1. The van der Waals surface area contributed by atoms with Crippen LogP contribution in [0.4, 0.5) is 4.39 Å². The molecule has 0 amide bonds. The predicted octanol–water partition coefficient (Wildman–Crippen LogP) is 3.24. The van der Waals surface area contributed by atoms with Crippen LogP contribution in [0.5, 0.6) is 0 Å². The maximum absolute atomic E-state index is 13.3. The highest BCUT2D eigenvalue weighted by Gasteiger charge is 2.38. The minimum atomic E-state index is -3.64. The van der Waals surface area contributed by atoms with Gasteiger partial charge in [0.2, 0.25) is 10.0 Å². The number of hydrogen-bond acceptors (Lipinski definition) is 3. The van der Waals surface area contributed by atoms with Crippen molar-refractivity contribution in [3.05, 3.63) is 52.5 Å². The molecule has 1 aliphatic carbocycles. The first-order chi connectivity index (χ1) is 9.57. The third-order valence-corrected chi connectivity index (χ3v) is 5.90. The highest BCUT2D eigenvalue weighted by Crippen LogP contribution is 2.33. The standard InChI is InChI=1S/C14H14FNO2S2/c15-12-2-1-3-14(8-12)20(17,18)16(13-4-5-13)9-11-6-7-19-10-11/h1-3,6-8,10,13H,4-5,9H2. The van der Waals surface area contributed by atoms with E-state index >= 15 is 0 Å². The molecule has 1 aromatic carbocycles. The predicted molar refractivity (Wildman–Crippen MR) is 76.5 cm³/mol. The summed E-state index contributed by atoms with van der Waals surface area (Å²) in [6.45, 7) is 0.354. The van der Waals surface area contributed by atoms with Crippen LogP contribution in [0, 0.1) is 5.82 Å². The lowest BCUT2D eigenvalue weighted by atomic mass is 10.3.